The summed E-state index contributed by atoms with van der Waals surface area (Å²) in [5.74, 6) is -0.376. The van der Waals surface area contributed by atoms with Gasteiger partial charge in [-0.15, -0.1) is 0 Å². The van der Waals surface area contributed by atoms with Crippen LogP contribution in [0.3, 0.4) is 0 Å². The normalized spacial score (nSPS) is 13.5. The maximum atomic E-state index is 13.4. The molecule has 0 unspecified atom stereocenters. The van der Waals surface area contributed by atoms with Crippen LogP contribution >= 0.6 is 0 Å². The molecule has 1 aromatic heterocycles. The standard InChI is InChI=1S/C25H16N2O2/c28-24-20-12-6-7-13-21(20)25(29)23(22(24)26-19-10-2-1-3-11-19)27-15-14-17-8-4-5-9-18(17)16-27/h1-16H/p+1. The number of anilines is 1. The Morgan fingerprint density at radius 2 is 1.24 bits per heavy atom. The number of para-hydroxylation sites is 1. The number of hydrogen-bond acceptors (Lipinski definition) is 3. The van der Waals surface area contributed by atoms with Crippen LogP contribution in [0, 0.1) is 0 Å². The van der Waals surface area contributed by atoms with Crippen molar-refractivity contribution in [1.29, 1.82) is 0 Å². The first-order valence-electron chi connectivity index (χ1n) is 9.37. The third kappa shape index (κ3) is 2.91. The summed E-state index contributed by atoms with van der Waals surface area (Å²) in [5, 5.41) is 5.24. The summed E-state index contributed by atoms with van der Waals surface area (Å²) < 4.78 is 1.74. The molecule has 4 heteroatoms. The number of ketones is 2. The predicted octanol–water partition coefficient (Wildman–Crippen LogP) is 4.49. The third-order valence-corrected chi connectivity index (χ3v) is 5.09. The van der Waals surface area contributed by atoms with Gasteiger partial charge in [-0.3, -0.25) is 9.59 Å². The van der Waals surface area contributed by atoms with E-state index in [9.17, 15) is 9.59 Å². The Hall–Kier alpha value is -4.05. The second-order valence-electron chi connectivity index (χ2n) is 6.90. The van der Waals surface area contributed by atoms with Crippen LogP contribution in [-0.4, -0.2) is 11.6 Å². The number of benzene rings is 3. The summed E-state index contributed by atoms with van der Waals surface area (Å²) in [6.07, 6.45) is 3.71. The fraction of sp³-hybridized carbons (Fsp3) is 0. The van der Waals surface area contributed by atoms with E-state index in [1.54, 1.807) is 28.8 Å². The molecule has 4 aromatic rings. The van der Waals surface area contributed by atoms with E-state index in [0.29, 0.717) is 16.8 Å². The molecule has 0 spiro atoms. The lowest BCUT2D eigenvalue weighted by atomic mass is 9.90. The van der Waals surface area contributed by atoms with Gasteiger partial charge in [0.2, 0.25) is 5.78 Å². The van der Waals surface area contributed by atoms with Crippen LogP contribution in [0.1, 0.15) is 20.7 Å². The molecule has 1 aliphatic carbocycles. The number of carbonyl (C=O) groups is 2. The number of carbonyl (C=O) groups excluding carboxylic acids is 2. The van der Waals surface area contributed by atoms with E-state index < -0.39 is 0 Å². The Morgan fingerprint density at radius 3 is 2.00 bits per heavy atom. The highest BCUT2D eigenvalue weighted by Gasteiger charge is 2.38. The van der Waals surface area contributed by atoms with Crippen LogP contribution in [0.5, 0.6) is 0 Å². The molecule has 0 aliphatic heterocycles. The minimum atomic E-state index is -0.195. The van der Waals surface area contributed by atoms with E-state index in [1.165, 1.54) is 0 Å². The van der Waals surface area contributed by atoms with Crippen molar-refractivity contribution in [2.45, 2.75) is 0 Å². The smallest absolute Gasteiger partial charge is 0.286 e. The number of nitrogens with one attached hydrogen (secondary N) is 1. The molecule has 138 valence electrons. The molecule has 1 aliphatic rings. The number of allylic oxidation sites excluding steroid dienone is 2. The fourth-order valence-corrected chi connectivity index (χ4v) is 3.66. The zero-order valence-electron chi connectivity index (χ0n) is 15.5. The van der Waals surface area contributed by atoms with E-state index >= 15 is 0 Å². The van der Waals surface area contributed by atoms with Crippen LogP contribution in [0.15, 0.2) is 103 Å². The molecule has 1 N–H and O–H groups in total. The van der Waals surface area contributed by atoms with Crippen LogP contribution in [0.4, 0.5) is 5.69 Å². The van der Waals surface area contributed by atoms with Gasteiger partial charge in [-0.1, -0.05) is 60.7 Å². The minimum Gasteiger partial charge on any atom is -0.347 e. The highest BCUT2D eigenvalue weighted by Crippen LogP contribution is 2.28. The van der Waals surface area contributed by atoms with E-state index in [1.807, 2.05) is 73.1 Å². The van der Waals surface area contributed by atoms with Crippen molar-refractivity contribution in [1.82, 2.24) is 0 Å². The first kappa shape index (κ1) is 17.1. The Kier molecular flexibility index (Phi) is 4.03. The number of fused-ring (bicyclic) bond motifs is 2. The van der Waals surface area contributed by atoms with Gasteiger partial charge in [-0.2, -0.15) is 4.57 Å². The van der Waals surface area contributed by atoms with Gasteiger partial charge in [0.15, 0.2) is 18.1 Å². The number of Topliss-reactive ketones (excluding diaryl/α,β-unsaturated/α-hetero) is 2. The molecule has 1 heterocycles. The first-order chi connectivity index (χ1) is 14.2. The molecule has 0 fully saturated rings. The Balaban J connectivity index is 1.74. The maximum Gasteiger partial charge on any atom is 0.286 e. The summed E-state index contributed by atoms with van der Waals surface area (Å²) >= 11 is 0. The van der Waals surface area contributed by atoms with E-state index in [4.69, 9.17) is 0 Å². The molecule has 0 amide bonds. The van der Waals surface area contributed by atoms with Gasteiger partial charge in [0.1, 0.15) is 0 Å². The largest absolute Gasteiger partial charge is 0.347 e. The van der Waals surface area contributed by atoms with Crippen molar-refractivity contribution < 1.29 is 14.2 Å². The van der Waals surface area contributed by atoms with Gasteiger partial charge in [0, 0.05) is 28.3 Å². The van der Waals surface area contributed by atoms with Gasteiger partial charge < -0.3 is 5.32 Å². The predicted molar refractivity (Wildman–Crippen MR) is 113 cm³/mol. The lowest BCUT2D eigenvalue weighted by molar-refractivity contribution is -0.575. The molecule has 0 bridgehead atoms. The molecule has 0 saturated carbocycles. The number of aromatic nitrogens is 1. The molecule has 4 nitrogen and oxygen atoms in total. The van der Waals surface area contributed by atoms with Gasteiger partial charge in [0.05, 0.1) is 0 Å². The third-order valence-electron chi connectivity index (χ3n) is 5.09. The Bertz CT molecular complexity index is 1310. The van der Waals surface area contributed by atoms with Crippen LogP contribution in [0.2, 0.25) is 0 Å². The first-order valence-corrected chi connectivity index (χ1v) is 9.37. The van der Waals surface area contributed by atoms with Crippen molar-refractivity contribution in [3.8, 4) is 0 Å². The fourth-order valence-electron chi connectivity index (χ4n) is 3.66. The zero-order valence-corrected chi connectivity index (χ0v) is 15.5. The summed E-state index contributed by atoms with van der Waals surface area (Å²) in [6, 6.07) is 26.2. The Labute approximate surface area is 167 Å². The molecule has 0 atom stereocenters. The highest BCUT2D eigenvalue weighted by atomic mass is 16.1. The lowest BCUT2D eigenvalue weighted by Gasteiger charge is -2.18. The Morgan fingerprint density at radius 1 is 0.621 bits per heavy atom. The monoisotopic (exact) mass is 377 g/mol. The second-order valence-corrected chi connectivity index (χ2v) is 6.90. The summed E-state index contributed by atoms with van der Waals surface area (Å²) in [5.41, 5.74) is 2.19. The van der Waals surface area contributed by atoms with E-state index in [0.717, 1.165) is 16.5 Å². The molecule has 5 rings (SSSR count). The molecular formula is C25H17N2O2+. The highest BCUT2D eigenvalue weighted by molar-refractivity contribution is 6.36. The van der Waals surface area contributed by atoms with Crippen molar-refractivity contribution >= 4 is 33.7 Å². The zero-order chi connectivity index (χ0) is 19.8. The number of pyridine rings is 1. The van der Waals surface area contributed by atoms with Gasteiger partial charge in [-0.05, 0) is 23.6 Å². The van der Waals surface area contributed by atoms with Gasteiger partial charge in [0.25, 0.3) is 11.5 Å². The van der Waals surface area contributed by atoms with Crippen LogP contribution in [0.25, 0.3) is 16.5 Å². The molecule has 0 radical (unpaired) electrons. The van der Waals surface area contributed by atoms with E-state index in [2.05, 4.69) is 5.32 Å². The number of hydrogen-bond donors (Lipinski definition) is 1. The van der Waals surface area contributed by atoms with Crippen LogP contribution in [-0.2, 0) is 0 Å². The molecule has 3 aromatic carbocycles. The molecular weight excluding hydrogens is 360 g/mol. The van der Waals surface area contributed by atoms with Crippen LogP contribution < -0.4 is 9.88 Å². The summed E-state index contributed by atoms with van der Waals surface area (Å²) in [6.45, 7) is 0. The van der Waals surface area contributed by atoms with Gasteiger partial charge in [-0.25, -0.2) is 0 Å². The van der Waals surface area contributed by atoms with Crippen molar-refractivity contribution in [2.75, 3.05) is 5.32 Å². The lowest BCUT2D eigenvalue weighted by Crippen LogP contribution is -2.42. The van der Waals surface area contributed by atoms with Gasteiger partial charge >= 0.3 is 0 Å². The van der Waals surface area contributed by atoms with Crippen molar-refractivity contribution in [2.24, 2.45) is 0 Å². The van der Waals surface area contributed by atoms with E-state index in [-0.39, 0.29) is 17.3 Å². The molecule has 29 heavy (non-hydrogen) atoms. The second kappa shape index (κ2) is 6.84. The summed E-state index contributed by atoms with van der Waals surface area (Å²) in [7, 11) is 0. The number of nitrogens with zero attached hydrogens (tertiary/aromatic N) is 1. The molecule has 0 saturated heterocycles. The maximum absolute atomic E-state index is 13.4. The quantitative estimate of drug-likeness (QED) is 0.535. The number of rotatable bonds is 3. The summed E-state index contributed by atoms with van der Waals surface area (Å²) in [4.78, 5) is 26.8. The average Bonchev–Trinajstić information content (AvgIpc) is 2.78. The average molecular weight is 377 g/mol. The topological polar surface area (TPSA) is 50.1 Å². The SMILES string of the molecule is O=C1C(Nc2ccccc2)=C([n+]2ccc3ccccc3c2)C(=O)c2ccccc21. The van der Waals surface area contributed by atoms with Crippen molar-refractivity contribution in [3.63, 3.8) is 0 Å². The minimum absolute atomic E-state index is 0.182. The van der Waals surface area contributed by atoms with Crippen molar-refractivity contribution in [3.05, 3.63) is 114 Å².